The van der Waals surface area contributed by atoms with E-state index in [-0.39, 0.29) is 0 Å². The summed E-state index contributed by atoms with van der Waals surface area (Å²) in [5, 5.41) is 9.46. The molecule has 0 aliphatic heterocycles. The van der Waals surface area contributed by atoms with Crippen LogP contribution in [0.1, 0.15) is 11.1 Å². The van der Waals surface area contributed by atoms with Crippen LogP contribution in [0.5, 0.6) is 0 Å². The maximum absolute atomic E-state index is 8.82. The Morgan fingerprint density at radius 1 is 1.38 bits per heavy atom. The van der Waals surface area contributed by atoms with Gasteiger partial charge in [-0.2, -0.15) is 5.26 Å². The summed E-state index contributed by atoms with van der Waals surface area (Å²) in [5.74, 6) is 0. The second-order valence-corrected chi connectivity index (χ2v) is 3.51. The van der Waals surface area contributed by atoms with Crippen LogP contribution in [0.4, 0.5) is 5.69 Å². The van der Waals surface area contributed by atoms with E-state index < -0.39 is 0 Å². The summed E-state index contributed by atoms with van der Waals surface area (Å²) < 4.78 is 0. The molecule has 0 heterocycles. The van der Waals surface area contributed by atoms with Crippen LogP contribution in [0.25, 0.3) is 0 Å². The lowest BCUT2D eigenvalue weighted by Crippen LogP contribution is -2.09. The van der Waals surface area contributed by atoms with Crippen LogP contribution < -0.4 is 4.90 Å². The molecule has 0 aliphatic rings. The van der Waals surface area contributed by atoms with Crippen molar-refractivity contribution in [1.82, 2.24) is 0 Å². The standard InChI is InChI=1S/C10H11ClN2/c1-7-8(6-12)4-9(13(2)3)5-10(7)11/h4-5H,1-3H3. The first-order chi connectivity index (χ1) is 6.06. The zero-order valence-electron chi connectivity index (χ0n) is 7.93. The second kappa shape index (κ2) is 3.68. The Labute approximate surface area is 83.3 Å². The Balaban J connectivity index is 3.32. The zero-order valence-corrected chi connectivity index (χ0v) is 8.68. The number of hydrogen-bond donors (Lipinski definition) is 0. The van der Waals surface area contributed by atoms with Crippen LogP contribution in [-0.4, -0.2) is 14.1 Å². The van der Waals surface area contributed by atoms with Gasteiger partial charge in [0.25, 0.3) is 0 Å². The average Bonchev–Trinajstić information content (AvgIpc) is 2.09. The molecule has 0 saturated carbocycles. The molecule has 0 bridgehead atoms. The summed E-state index contributed by atoms with van der Waals surface area (Å²) in [5.41, 5.74) is 2.43. The van der Waals surface area contributed by atoms with Crippen molar-refractivity contribution in [2.24, 2.45) is 0 Å². The smallest absolute Gasteiger partial charge is 0.0995 e. The summed E-state index contributed by atoms with van der Waals surface area (Å²) in [6, 6.07) is 5.81. The summed E-state index contributed by atoms with van der Waals surface area (Å²) >= 11 is 5.96. The number of hydrogen-bond acceptors (Lipinski definition) is 2. The monoisotopic (exact) mass is 194 g/mol. The van der Waals surface area contributed by atoms with Gasteiger partial charge in [0.1, 0.15) is 0 Å². The zero-order chi connectivity index (χ0) is 10.0. The van der Waals surface area contributed by atoms with Gasteiger partial charge in [-0.3, -0.25) is 0 Å². The van der Waals surface area contributed by atoms with Gasteiger partial charge in [0.15, 0.2) is 0 Å². The molecular weight excluding hydrogens is 184 g/mol. The molecule has 3 heteroatoms. The molecule has 0 saturated heterocycles. The van der Waals surface area contributed by atoms with Gasteiger partial charge in [-0.15, -0.1) is 0 Å². The number of benzene rings is 1. The van der Waals surface area contributed by atoms with Crippen molar-refractivity contribution in [3.63, 3.8) is 0 Å². The van der Waals surface area contributed by atoms with Crippen molar-refractivity contribution in [3.8, 4) is 6.07 Å². The predicted octanol–water partition coefficient (Wildman–Crippen LogP) is 2.59. The third kappa shape index (κ3) is 1.93. The second-order valence-electron chi connectivity index (χ2n) is 3.11. The summed E-state index contributed by atoms with van der Waals surface area (Å²) in [6.45, 7) is 1.85. The topological polar surface area (TPSA) is 27.0 Å². The Morgan fingerprint density at radius 3 is 2.46 bits per heavy atom. The summed E-state index contributed by atoms with van der Waals surface area (Å²) in [4.78, 5) is 1.92. The van der Waals surface area contributed by atoms with E-state index in [1.54, 1.807) is 0 Å². The predicted molar refractivity (Wildman–Crippen MR) is 55.2 cm³/mol. The van der Waals surface area contributed by atoms with Gasteiger partial charge in [-0.05, 0) is 24.6 Å². The lowest BCUT2D eigenvalue weighted by Gasteiger charge is -2.14. The van der Waals surface area contributed by atoms with E-state index >= 15 is 0 Å². The van der Waals surface area contributed by atoms with Gasteiger partial charge in [0, 0.05) is 24.8 Å². The first kappa shape index (κ1) is 9.88. The highest BCUT2D eigenvalue weighted by molar-refractivity contribution is 6.31. The molecule has 68 valence electrons. The van der Waals surface area contributed by atoms with Crippen LogP contribution in [0.15, 0.2) is 12.1 Å². The molecule has 2 nitrogen and oxygen atoms in total. The fraction of sp³-hybridized carbons (Fsp3) is 0.300. The third-order valence-electron chi connectivity index (χ3n) is 1.97. The molecule has 0 fully saturated rings. The molecule has 0 atom stereocenters. The summed E-state index contributed by atoms with van der Waals surface area (Å²) in [6.07, 6.45) is 0. The maximum atomic E-state index is 8.82. The van der Waals surface area contributed by atoms with Crippen molar-refractivity contribution >= 4 is 17.3 Å². The minimum Gasteiger partial charge on any atom is -0.378 e. The Morgan fingerprint density at radius 2 is 2.00 bits per heavy atom. The Kier molecular flexibility index (Phi) is 2.79. The van der Waals surface area contributed by atoms with Crippen molar-refractivity contribution in [2.45, 2.75) is 6.92 Å². The molecule has 1 aromatic carbocycles. The largest absolute Gasteiger partial charge is 0.378 e. The van der Waals surface area contributed by atoms with Crippen molar-refractivity contribution in [3.05, 3.63) is 28.3 Å². The molecule has 0 N–H and O–H groups in total. The van der Waals surface area contributed by atoms with Crippen LogP contribution in [0.3, 0.4) is 0 Å². The first-order valence-electron chi connectivity index (χ1n) is 3.94. The molecule has 0 aliphatic carbocycles. The molecule has 13 heavy (non-hydrogen) atoms. The molecule has 0 spiro atoms. The van der Waals surface area contributed by atoms with E-state index in [0.717, 1.165) is 11.3 Å². The van der Waals surface area contributed by atoms with Crippen molar-refractivity contribution in [2.75, 3.05) is 19.0 Å². The highest BCUT2D eigenvalue weighted by atomic mass is 35.5. The Bertz CT molecular complexity index is 364. The Hall–Kier alpha value is -1.20. The van der Waals surface area contributed by atoms with Crippen LogP contribution in [0, 0.1) is 18.3 Å². The highest BCUT2D eigenvalue weighted by Gasteiger charge is 2.05. The van der Waals surface area contributed by atoms with E-state index in [1.165, 1.54) is 0 Å². The first-order valence-corrected chi connectivity index (χ1v) is 4.31. The van der Waals surface area contributed by atoms with E-state index in [0.29, 0.717) is 10.6 Å². The van der Waals surface area contributed by atoms with Crippen LogP contribution in [0.2, 0.25) is 5.02 Å². The molecule has 0 aromatic heterocycles. The molecule has 0 unspecified atom stereocenters. The molecule has 0 amide bonds. The fourth-order valence-electron chi connectivity index (χ4n) is 1.04. The number of rotatable bonds is 1. The van der Waals surface area contributed by atoms with Gasteiger partial charge in [0.2, 0.25) is 0 Å². The van der Waals surface area contributed by atoms with Gasteiger partial charge in [0.05, 0.1) is 11.6 Å². The summed E-state index contributed by atoms with van der Waals surface area (Å²) in [7, 11) is 3.84. The minimum absolute atomic E-state index is 0.635. The molecule has 1 rings (SSSR count). The van der Waals surface area contributed by atoms with E-state index in [4.69, 9.17) is 16.9 Å². The van der Waals surface area contributed by atoms with E-state index in [2.05, 4.69) is 6.07 Å². The SMILES string of the molecule is Cc1c(Cl)cc(N(C)C)cc1C#N. The normalized spacial score (nSPS) is 9.46. The number of nitrogens with zero attached hydrogens (tertiary/aromatic N) is 2. The number of halogens is 1. The van der Waals surface area contributed by atoms with Gasteiger partial charge < -0.3 is 4.90 Å². The third-order valence-corrected chi connectivity index (χ3v) is 2.36. The molecule has 1 aromatic rings. The molecular formula is C10H11ClN2. The maximum Gasteiger partial charge on any atom is 0.0995 e. The van der Waals surface area contributed by atoms with Gasteiger partial charge in [-0.25, -0.2) is 0 Å². The highest BCUT2D eigenvalue weighted by Crippen LogP contribution is 2.25. The number of nitriles is 1. The van der Waals surface area contributed by atoms with E-state index in [1.807, 2.05) is 38.1 Å². The van der Waals surface area contributed by atoms with Crippen molar-refractivity contribution < 1.29 is 0 Å². The average molecular weight is 195 g/mol. The minimum atomic E-state index is 0.635. The van der Waals surface area contributed by atoms with Gasteiger partial charge >= 0.3 is 0 Å². The van der Waals surface area contributed by atoms with Gasteiger partial charge in [-0.1, -0.05) is 11.6 Å². The van der Waals surface area contributed by atoms with E-state index in [9.17, 15) is 0 Å². The fourth-order valence-corrected chi connectivity index (χ4v) is 1.25. The molecule has 0 radical (unpaired) electrons. The number of anilines is 1. The lowest BCUT2D eigenvalue weighted by molar-refractivity contribution is 1.13. The lowest BCUT2D eigenvalue weighted by atomic mass is 10.1. The van der Waals surface area contributed by atoms with Crippen molar-refractivity contribution in [1.29, 1.82) is 5.26 Å². The van der Waals surface area contributed by atoms with Crippen LogP contribution >= 0.6 is 11.6 Å². The van der Waals surface area contributed by atoms with Crippen LogP contribution in [-0.2, 0) is 0 Å². The quantitative estimate of drug-likeness (QED) is 0.687.